The molecular formula is C8H7BrF2Zn-. The first-order valence-corrected chi connectivity index (χ1v) is 3.00. The van der Waals surface area contributed by atoms with Gasteiger partial charge in [0.15, 0.2) is 0 Å². The number of halogens is 3. The molecule has 0 fully saturated rings. The van der Waals surface area contributed by atoms with Crippen molar-refractivity contribution in [3.05, 3.63) is 42.3 Å². The maximum atomic E-state index is 11.6. The molecule has 0 N–H and O–H groups in total. The Labute approximate surface area is 93.9 Å². The van der Waals surface area contributed by atoms with Crippen molar-refractivity contribution in [2.75, 3.05) is 0 Å². The molecule has 0 heterocycles. The average molecular weight is 286 g/mol. The molecule has 12 heavy (non-hydrogen) atoms. The summed E-state index contributed by atoms with van der Waals surface area (Å²) in [7, 11) is 0. The Morgan fingerprint density at radius 2 is 1.58 bits per heavy atom. The zero-order valence-electron chi connectivity index (χ0n) is 6.43. The van der Waals surface area contributed by atoms with E-state index in [0.29, 0.717) is 5.56 Å². The van der Waals surface area contributed by atoms with Gasteiger partial charge in [0.2, 0.25) is 0 Å². The Morgan fingerprint density at radius 1 is 1.08 bits per heavy atom. The van der Waals surface area contributed by atoms with Gasteiger partial charge in [-0.2, -0.15) is 8.78 Å². The van der Waals surface area contributed by atoms with E-state index in [-0.39, 0.29) is 42.9 Å². The van der Waals surface area contributed by atoms with Gasteiger partial charge in [-0.25, -0.2) is 0 Å². The summed E-state index contributed by atoms with van der Waals surface area (Å²) < 4.78 is 23.3. The van der Waals surface area contributed by atoms with E-state index < -0.39 is 6.43 Å². The molecule has 0 bridgehead atoms. The largest absolute Gasteiger partial charge is 1.00 e. The van der Waals surface area contributed by atoms with Crippen LogP contribution in [0.4, 0.5) is 8.78 Å². The van der Waals surface area contributed by atoms with Crippen LogP contribution < -0.4 is 17.0 Å². The summed E-state index contributed by atoms with van der Waals surface area (Å²) in [5.74, 6) is 0. The number of benzene rings is 1. The van der Waals surface area contributed by atoms with E-state index in [4.69, 9.17) is 0 Å². The molecule has 1 aromatic carbocycles. The van der Waals surface area contributed by atoms with Crippen molar-refractivity contribution in [3.63, 3.8) is 0 Å². The summed E-state index contributed by atoms with van der Waals surface area (Å²) in [5.41, 5.74) is 0.655. The Morgan fingerprint density at radius 3 is 2.00 bits per heavy atom. The van der Waals surface area contributed by atoms with Gasteiger partial charge >= 0.3 is 6.43 Å². The standard InChI is InChI=1S/C8H7F2.BrH.Zn/c9-8(10)6-7-4-2-1-3-5-7;;/h1-5H,6H2;1H;/p-1. The molecule has 63 valence electrons. The van der Waals surface area contributed by atoms with Crippen LogP contribution in [0.25, 0.3) is 0 Å². The van der Waals surface area contributed by atoms with Crippen LogP contribution in [-0.4, -0.2) is 0 Å². The van der Waals surface area contributed by atoms with Crippen molar-refractivity contribution >= 4 is 0 Å². The van der Waals surface area contributed by atoms with Gasteiger partial charge in [0.1, 0.15) is 0 Å². The monoisotopic (exact) mass is 284 g/mol. The van der Waals surface area contributed by atoms with Crippen LogP contribution in [0.5, 0.6) is 0 Å². The molecule has 0 saturated carbocycles. The van der Waals surface area contributed by atoms with Gasteiger partial charge in [-0.05, 0) is 5.56 Å². The third-order valence-electron chi connectivity index (χ3n) is 1.18. The molecule has 0 amide bonds. The van der Waals surface area contributed by atoms with E-state index in [2.05, 4.69) is 0 Å². The van der Waals surface area contributed by atoms with Crippen LogP contribution in [0, 0.1) is 6.43 Å². The van der Waals surface area contributed by atoms with E-state index in [1.807, 2.05) is 0 Å². The smallest absolute Gasteiger partial charge is 0.314 e. The summed E-state index contributed by atoms with van der Waals surface area (Å²) in [6.07, 6.45) is -1.76. The maximum Gasteiger partial charge on any atom is 0.314 e. The van der Waals surface area contributed by atoms with Gasteiger partial charge < -0.3 is 17.0 Å². The third kappa shape index (κ3) is 5.79. The molecule has 4 heteroatoms. The van der Waals surface area contributed by atoms with Gasteiger partial charge in [-0.15, -0.1) is 0 Å². The summed E-state index contributed by atoms with van der Waals surface area (Å²) in [6, 6.07) is 8.66. The molecule has 0 spiro atoms. The molecule has 1 aromatic rings. The first kappa shape index (κ1) is 14.7. The molecule has 0 nitrogen and oxygen atoms in total. The van der Waals surface area contributed by atoms with Crippen LogP contribution in [0.3, 0.4) is 0 Å². The van der Waals surface area contributed by atoms with E-state index >= 15 is 0 Å². The van der Waals surface area contributed by atoms with Gasteiger partial charge in [0.25, 0.3) is 0 Å². The van der Waals surface area contributed by atoms with E-state index in [0.717, 1.165) is 0 Å². The summed E-state index contributed by atoms with van der Waals surface area (Å²) in [4.78, 5) is 0. The minimum Gasteiger partial charge on any atom is -1.00 e. The molecule has 0 unspecified atom stereocenters. The second kappa shape index (κ2) is 7.81. The fourth-order valence-electron chi connectivity index (χ4n) is 0.750. The quantitative estimate of drug-likeness (QED) is 0.653. The minimum absolute atomic E-state index is 0. The molecule has 0 saturated heterocycles. The van der Waals surface area contributed by atoms with Crippen LogP contribution in [0.1, 0.15) is 5.56 Å². The molecule has 1 radical (unpaired) electrons. The van der Waals surface area contributed by atoms with Crippen molar-refractivity contribution in [1.29, 1.82) is 0 Å². The number of rotatable bonds is 2. The fraction of sp³-hybridized carbons (Fsp3) is 0.125. The van der Waals surface area contributed by atoms with Crippen LogP contribution in [0.15, 0.2) is 30.3 Å². The fourth-order valence-corrected chi connectivity index (χ4v) is 0.750. The molecule has 0 aliphatic heterocycles. The van der Waals surface area contributed by atoms with E-state index in [1.54, 1.807) is 30.3 Å². The maximum absolute atomic E-state index is 11.6. The Kier molecular flexibility index (Phi) is 9.57. The number of hydrogen-bond acceptors (Lipinski definition) is 0. The second-order valence-corrected chi connectivity index (χ2v) is 2.00. The predicted octanol–water partition coefficient (Wildman–Crippen LogP) is -0.341. The first-order valence-electron chi connectivity index (χ1n) is 3.00. The van der Waals surface area contributed by atoms with Crippen molar-refractivity contribution < 1.29 is 45.2 Å². The zero-order valence-corrected chi connectivity index (χ0v) is 11.0. The van der Waals surface area contributed by atoms with Crippen molar-refractivity contribution in [2.24, 2.45) is 0 Å². The summed E-state index contributed by atoms with van der Waals surface area (Å²) in [6.45, 7) is 0. The Balaban J connectivity index is 0. The number of hydrogen-bond donors (Lipinski definition) is 0. The van der Waals surface area contributed by atoms with Crippen molar-refractivity contribution in [3.8, 4) is 0 Å². The molecule has 0 aliphatic carbocycles. The molecule has 1 rings (SSSR count). The van der Waals surface area contributed by atoms with Gasteiger partial charge in [-0.3, -0.25) is 0 Å². The predicted molar refractivity (Wildman–Crippen MR) is 35.6 cm³/mol. The van der Waals surface area contributed by atoms with Gasteiger partial charge in [0.05, 0.1) is 0 Å². The van der Waals surface area contributed by atoms with Gasteiger partial charge in [-0.1, -0.05) is 30.3 Å². The van der Waals surface area contributed by atoms with E-state index in [9.17, 15) is 8.78 Å². The zero-order chi connectivity index (χ0) is 7.40. The normalized spacial score (nSPS) is 8.58. The van der Waals surface area contributed by atoms with E-state index in [1.165, 1.54) is 0 Å². The van der Waals surface area contributed by atoms with Crippen molar-refractivity contribution in [2.45, 2.75) is 6.42 Å². The third-order valence-corrected chi connectivity index (χ3v) is 1.18. The van der Waals surface area contributed by atoms with Crippen LogP contribution in [-0.2, 0) is 25.9 Å². The molecular weight excluding hydrogens is 279 g/mol. The first-order chi connectivity index (χ1) is 4.79. The minimum atomic E-state index is -1.54. The Bertz CT molecular complexity index is 192. The van der Waals surface area contributed by atoms with Gasteiger partial charge in [0, 0.05) is 25.9 Å². The molecule has 0 aromatic heterocycles. The second-order valence-electron chi connectivity index (χ2n) is 2.00. The Hall–Kier alpha value is 0.183. The molecule has 0 aliphatic rings. The van der Waals surface area contributed by atoms with Crippen LogP contribution in [0.2, 0.25) is 0 Å². The molecule has 0 atom stereocenters. The van der Waals surface area contributed by atoms with Crippen LogP contribution >= 0.6 is 0 Å². The average Bonchev–Trinajstić information content (AvgIpc) is 1.88. The van der Waals surface area contributed by atoms with Crippen molar-refractivity contribution in [1.82, 2.24) is 0 Å². The summed E-state index contributed by atoms with van der Waals surface area (Å²) in [5, 5.41) is 0. The topological polar surface area (TPSA) is 0 Å². The summed E-state index contributed by atoms with van der Waals surface area (Å²) >= 11 is 0. The SMILES string of the molecule is F[C](F)Cc1ccccc1.[Br-].[Zn].